The average Bonchev–Trinajstić information content (AvgIpc) is 3.19. The van der Waals surface area contributed by atoms with Crippen LogP contribution in [0.4, 0.5) is 0 Å². The van der Waals surface area contributed by atoms with Gasteiger partial charge >= 0.3 is 0 Å². The molecule has 27 heavy (non-hydrogen) atoms. The number of nitrogens with zero attached hydrogens (tertiary/aromatic N) is 2. The van der Waals surface area contributed by atoms with E-state index in [0.29, 0.717) is 37.3 Å². The molecule has 2 amide bonds. The number of hydrogen-bond acceptors (Lipinski definition) is 4. The van der Waals surface area contributed by atoms with E-state index in [9.17, 15) is 9.59 Å². The maximum absolute atomic E-state index is 12.8. The molecule has 7 nitrogen and oxygen atoms in total. The highest BCUT2D eigenvalue weighted by Crippen LogP contribution is 2.35. The molecule has 7 heteroatoms. The predicted molar refractivity (Wildman–Crippen MR) is 100 cm³/mol. The molecule has 1 aliphatic rings. The van der Waals surface area contributed by atoms with Crippen molar-refractivity contribution in [2.24, 2.45) is 5.73 Å². The second-order valence-electron chi connectivity index (χ2n) is 6.64. The Kier molecular flexibility index (Phi) is 5.69. The van der Waals surface area contributed by atoms with Crippen LogP contribution in [-0.2, 0) is 29.1 Å². The summed E-state index contributed by atoms with van der Waals surface area (Å²) in [5.74, 6) is 0.653. The summed E-state index contributed by atoms with van der Waals surface area (Å²) < 4.78 is 12.7. The number of hydrogen-bond donors (Lipinski definition) is 1. The fourth-order valence-electron chi connectivity index (χ4n) is 3.50. The Labute approximate surface area is 158 Å². The zero-order valence-corrected chi connectivity index (χ0v) is 15.7. The minimum atomic E-state index is -0.644. The summed E-state index contributed by atoms with van der Waals surface area (Å²) in [7, 11) is 3.14. The van der Waals surface area contributed by atoms with Crippen LogP contribution in [0.25, 0.3) is 0 Å². The molecule has 0 fully saturated rings. The first-order valence-corrected chi connectivity index (χ1v) is 8.96. The van der Waals surface area contributed by atoms with Crippen LogP contribution >= 0.6 is 0 Å². The Balaban J connectivity index is 1.76. The van der Waals surface area contributed by atoms with Gasteiger partial charge in [0.15, 0.2) is 11.5 Å². The molecule has 2 aromatic rings. The Hall–Kier alpha value is -2.96. The first kappa shape index (κ1) is 18.8. The second-order valence-corrected chi connectivity index (χ2v) is 6.64. The van der Waals surface area contributed by atoms with Gasteiger partial charge in [-0.15, -0.1) is 0 Å². The van der Waals surface area contributed by atoms with Crippen molar-refractivity contribution < 1.29 is 19.1 Å². The van der Waals surface area contributed by atoms with Crippen LogP contribution < -0.4 is 15.2 Å². The molecule has 0 unspecified atom stereocenters. The normalized spacial score (nSPS) is 15.9. The van der Waals surface area contributed by atoms with Crippen molar-refractivity contribution in [3.8, 4) is 11.5 Å². The largest absolute Gasteiger partial charge is 0.493 e. The first-order chi connectivity index (χ1) is 13.0. The van der Waals surface area contributed by atoms with Crippen LogP contribution in [0.1, 0.15) is 24.0 Å². The number of fused-ring (bicyclic) bond motifs is 1. The number of aromatic nitrogens is 1. The van der Waals surface area contributed by atoms with E-state index in [2.05, 4.69) is 0 Å². The summed E-state index contributed by atoms with van der Waals surface area (Å²) in [5.41, 5.74) is 7.49. The molecule has 1 atom stereocenters. The second kappa shape index (κ2) is 8.16. The van der Waals surface area contributed by atoms with Crippen molar-refractivity contribution in [2.75, 3.05) is 14.2 Å². The summed E-state index contributed by atoms with van der Waals surface area (Å²) in [6, 6.07) is 6.99. The lowest BCUT2D eigenvalue weighted by Gasteiger charge is -2.35. The standard InChI is InChI=1S/C20H25N3O4/c1-26-17-11-14-10-16(20(21)25)23(13-15(14)12-18(17)27-2)19(24)6-5-9-22-7-3-4-8-22/h3-4,7-8,11-12,16H,5-6,9-10,13H2,1-2H3,(H2,21,25)/t16-/m0/s1. The van der Waals surface area contributed by atoms with Crippen molar-refractivity contribution in [1.29, 1.82) is 0 Å². The van der Waals surface area contributed by atoms with Gasteiger partial charge in [0.2, 0.25) is 11.8 Å². The van der Waals surface area contributed by atoms with Crippen LogP contribution in [0.2, 0.25) is 0 Å². The average molecular weight is 371 g/mol. The van der Waals surface area contributed by atoms with E-state index in [4.69, 9.17) is 15.2 Å². The smallest absolute Gasteiger partial charge is 0.240 e. The van der Waals surface area contributed by atoms with Crippen LogP contribution in [0, 0.1) is 0 Å². The van der Waals surface area contributed by atoms with Gasteiger partial charge < -0.3 is 24.7 Å². The molecule has 3 rings (SSSR count). The van der Waals surface area contributed by atoms with Gasteiger partial charge in [-0.2, -0.15) is 0 Å². The van der Waals surface area contributed by atoms with E-state index in [1.54, 1.807) is 19.1 Å². The molecule has 144 valence electrons. The van der Waals surface area contributed by atoms with E-state index < -0.39 is 11.9 Å². The molecule has 2 heterocycles. The van der Waals surface area contributed by atoms with Crippen LogP contribution in [0.5, 0.6) is 11.5 Å². The number of ether oxygens (including phenoxy) is 2. The Morgan fingerprint density at radius 2 is 1.74 bits per heavy atom. The number of methoxy groups -OCH3 is 2. The Morgan fingerprint density at radius 1 is 1.11 bits per heavy atom. The van der Waals surface area contributed by atoms with Gasteiger partial charge in [0, 0.05) is 38.3 Å². The predicted octanol–water partition coefficient (Wildman–Crippen LogP) is 1.72. The van der Waals surface area contributed by atoms with E-state index in [-0.39, 0.29) is 5.91 Å². The highest BCUT2D eigenvalue weighted by atomic mass is 16.5. The quantitative estimate of drug-likeness (QED) is 0.803. The van der Waals surface area contributed by atoms with Crippen molar-refractivity contribution >= 4 is 11.8 Å². The SMILES string of the molecule is COc1cc2c(cc1OC)CN(C(=O)CCCn1cccc1)[C@H](C(N)=O)C2. The summed E-state index contributed by atoms with van der Waals surface area (Å²) in [6.45, 7) is 1.10. The van der Waals surface area contributed by atoms with Gasteiger partial charge in [-0.3, -0.25) is 9.59 Å². The number of aryl methyl sites for hydroxylation is 1. The summed E-state index contributed by atoms with van der Waals surface area (Å²) in [5, 5.41) is 0. The highest BCUT2D eigenvalue weighted by Gasteiger charge is 2.33. The van der Waals surface area contributed by atoms with Gasteiger partial charge in [-0.05, 0) is 41.8 Å². The van der Waals surface area contributed by atoms with Crippen LogP contribution in [0.3, 0.4) is 0 Å². The molecule has 1 aromatic heterocycles. The number of nitrogens with two attached hydrogens (primary N) is 1. The zero-order valence-electron chi connectivity index (χ0n) is 15.7. The highest BCUT2D eigenvalue weighted by molar-refractivity contribution is 5.87. The summed E-state index contributed by atoms with van der Waals surface area (Å²) in [6.07, 6.45) is 5.38. The van der Waals surface area contributed by atoms with E-state index in [1.807, 2.05) is 41.2 Å². The van der Waals surface area contributed by atoms with Gasteiger partial charge in [-0.25, -0.2) is 0 Å². The summed E-state index contributed by atoms with van der Waals surface area (Å²) >= 11 is 0. The molecule has 0 saturated heterocycles. The lowest BCUT2D eigenvalue weighted by Crippen LogP contribution is -2.51. The van der Waals surface area contributed by atoms with Gasteiger partial charge in [0.25, 0.3) is 0 Å². The van der Waals surface area contributed by atoms with Gasteiger partial charge in [0.1, 0.15) is 6.04 Å². The third-order valence-electron chi connectivity index (χ3n) is 4.96. The van der Waals surface area contributed by atoms with E-state index in [1.165, 1.54) is 0 Å². The third-order valence-corrected chi connectivity index (χ3v) is 4.96. The first-order valence-electron chi connectivity index (χ1n) is 8.96. The molecule has 0 saturated carbocycles. The van der Waals surface area contributed by atoms with Crippen molar-refractivity contribution in [2.45, 2.75) is 38.4 Å². The molecule has 2 N–H and O–H groups in total. The molecule has 1 aromatic carbocycles. The van der Waals surface area contributed by atoms with E-state index >= 15 is 0 Å². The number of benzene rings is 1. The molecule has 0 radical (unpaired) electrons. The number of carbonyl (C=O) groups is 2. The monoisotopic (exact) mass is 371 g/mol. The lowest BCUT2D eigenvalue weighted by molar-refractivity contribution is -0.140. The molecular weight excluding hydrogens is 346 g/mol. The van der Waals surface area contributed by atoms with Crippen molar-refractivity contribution in [1.82, 2.24) is 9.47 Å². The maximum Gasteiger partial charge on any atom is 0.240 e. The number of rotatable bonds is 7. The molecule has 1 aliphatic heterocycles. The number of amides is 2. The Morgan fingerprint density at radius 3 is 2.33 bits per heavy atom. The fraction of sp³-hybridized carbons (Fsp3) is 0.400. The van der Waals surface area contributed by atoms with Gasteiger partial charge in [0.05, 0.1) is 14.2 Å². The molecule has 0 bridgehead atoms. The van der Waals surface area contributed by atoms with Crippen molar-refractivity contribution in [3.05, 3.63) is 47.8 Å². The van der Waals surface area contributed by atoms with Crippen molar-refractivity contribution in [3.63, 3.8) is 0 Å². The molecule has 0 aliphatic carbocycles. The van der Waals surface area contributed by atoms with E-state index in [0.717, 1.165) is 17.7 Å². The number of carbonyl (C=O) groups excluding carboxylic acids is 2. The third kappa shape index (κ3) is 4.07. The molecular formula is C20H25N3O4. The lowest BCUT2D eigenvalue weighted by atomic mass is 9.92. The van der Waals surface area contributed by atoms with Crippen LogP contribution in [-0.4, -0.2) is 41.5 Å². The van der Waals surface area contributed by atoms with Crippen LogP contribution in [0.15, 0.2) is 36.7 Å². The topological polar surface area (TPSA) is 86.8 Å². The summed E-state index contributed by atoms with van der Waals surface area (Å²) in [4.78, 5) is 26.4. The molecule has 0 spiro atoms. The zero-order chi connectivity index (χ0) is 19.4. The van der Waals surface area contributed by atoms with Gasteiger partial charge in [-0.1, -0.05) is 0 Å². The minimum Gasteiger partial charge on any atom is -0.493 e. The Bertz CT molecular complexity index is 817. The number of primary amides is 1. The fourth-order valence-corrected chi connectivity index (χ4v) is 3.50. The minimum absolute atomic E-state index is 0.0635. The maximum atomic E-state index is 12.8.